The Hall–Kier alpha value is -2.54. The summed E-state index contributed by atoms with van der Waals surface area (Å²) in [4.78, 5) is 0. The lowest BCUT2D eigenvalue weighted by Gasteiger charge is -2.45. The van der Waals surface area contributed by atoms with Gasteiger partial charge in [-0.3, -0.25) is 0 Å². The molecule has 0 bridgehead atoms. The van der Waals surface area contributed by atoms with E-state index in [0.29, 0.717) is 19.8 Å². The van der Waals surface area contributed by atoms with Crippen LogP contribution in [-0.4, -0.2) is 37.8 Å². The van der Waals surface area contributed by atoms with Crippen LogP contribution in [0.15, 0.2) is 91.0 Å². The van der Waals surface area contributed by atoms with E-state index in [1.807, 2.05) is 66.7 Å². The van der Waals surface area contributed by atoms with Gasteiger partial charge < -0.3 is 23.7 Å². The van der Waals surface area contributed by atoms with Crippen LogP contribution in [0.2, 0.25) is 0 Å². The molecule has 1 aliphatic rings. The van der Waals surface area contributed by atoms with Crippen molar-refractivity contribution in [2.75, 3.05) is 7.11 Å². The van der Waals surface area contributed by atoms with Crippen molar-refractivity contribution >= 4 is 0 Å². The second-order valence-electron chi connectivity index (χ2n) is 8.47. The Bertz CT molecular complexity index is 893. The summed E-state index contributed by atoms with van der Waals surface area (Å²) in [6, 6.07) is 30.4. The van der Waals surface area contributed by atoms with Crippen molar-refractivity contribution in [3.05, 3.63) is 108 Å². The Morgan fingerprint density at radius 2 is 1.00 bits per heavy atom. The van der Waals surface area contributed by atoms with E-state index in [1.54, 1.807) is 7.11 Å². The zero-order valence-corrected chi connectivity index (χ0v) is 19.9. The maximum absolute atomic E-state index is 6.53. The van der Waals surface area contributed by atoms with Gasteiger partial charge in [0.25, 0.3) is 0 Å². The predicted octanol–water partition coefficient (Wildman–Crippen LogP) is 5.52. The third kappa shape index (κ3) is 6.53. The molecule has 0 amide bonds. The van der Waals surface area contributed by atoms with Crippen molar-refractivity contribution in [1.82, 2.24) is 0 Å². The highest BCUT2D eigenvalue weighted by Gasteiger charge is 2.48. The molecule has 0 saturated carbocycles. The van der Waals surface area contributed by atoms with E-state index in [1.165, 1.54) is 0 Å². The van der Waals surface area contributed by atoms with E-state index < -0.39 is 12.4 Å². The van der Waals surface area contributed by atoms with Gasteiger partial charge in [0.1, 0.15) is 18.3 Å². The first-order valence-electron chi connectivity index (χ1n) is 11.9. The molecule has 0 spiro atoms. The smallest absolute Gasteiger partial charge is 0.186 e. The summed E-state index contributed by atoms with van der Waals surface area (Å²) in [5.74, 6) is 0. The number of benzene rings is 3. The molecule has 0 radical (unpaired) electrons. The molecule has 1 heterocycles. The monoisotopic (exact) mass is 462 g/mol. The van der Waals surface area contributed by atoms with Crippen molar-refractivity contribution in [3.8, 4) is 0 Å². The van der Waals surface area contributed by atoms with Crippen LogP contribution in [0.3, 0.4) is 0 Å². The molecule has 1 fully saturated rings. The van der Waals surface area contributed by atoms with Crippen LogP contribution < -0.4 is 0 Å². The average Bonchev–Trinajstić information content (AvgIpc) is 2.91. The Balaban J connectivity index is 1.56. The minimum Gasteiger partial charge on any atom is -0.368 e. The van der Waals surface area contributed by atoms with Gasteiger partial charge in [0.2, 0.25) is 0 Å². The number of rotatable bonds is 11. The third-order valence-corrected chi connectivity index (χ3v) is 6.08. The highest BCUT2D eigenvalue weighted by molar-refractivity contribution is 5.15. The van der Waals surface area contributed by atoms with Crippen LogP contribution in [-0.2, 0) is 43.5 Å². The first kappa shape index (κ1) is 24.6. The maximum Gasteiger partial charge on any atom is 0.186 e. The lowest BCUT2D eigenvalue weighted by atomic mass is 9.96. The summed E-state index contributed by atoms with van der Waals surface area (Å²) in [5, 5.41) is 0. The summed E-state index contributed by atoms with van der Waals surface area (Å²) < 4.78 is 31.4. The zero-order chi connectivity index (χ0) is 23.6. The fourth-order valence-corrected chi connectivity index (χ4v) is 4.26. The van der Waals surface area contributed by atoms with E-state index in [4.69, 9.17) is 23.7 Å². The molecular weight excluding hydrogens is 428 g/mol. The standard InChI is InChI=1S/C29H34O5/c1-3-25-26(31-19-22-13-7-4-8-14-22)27(32-20-23-15-9-5-10-16-23)28(29(30-2)34-25)33-21-24-17-11-6-12-18-24/h4-18,25-29H,3,19-21H2,1-2H3/t25?,26-,27+,28?,29-/m0/s1. The predicted molar refractivity (Wildman–Crippen MR) is 131 cm³/mol. The normalized spacial score (nSPS) is 24.7. The average molecular weight is 463 g/mol. The number of hydrogen-bond donors (Lipinski definition) is 0. The van der Waals surface area contributed by atoms with Gasteiger partial charge in [-0.15, -0.1) is 0 Å². The quantitative estimate of drug-likeness (QED) is 0.375. The molecule has 34 heavy (non-hydrogen) atoms. The Morgan fingerprint density at radius 3 is 1.41 bits per heavy atom. The first-order valence-corrected chi connectivity index (χ1v) is 11.9. The van der Waals surface area contributed by atoms with Crippen molar-refractivity contribution in [2.24, 2.45) is 0 Å². The van der Waals surface area contributed by atoms with E-state index in [2.05, 4.69) is 31.2 Å². The van der Waals surface area contributed by atoms with Crippen LogP contribution in [0.4, 0.5) is 0 Å². The highest BCUT2D eigenvalue weighted by atomic mass is 16.7. The topological polar surface area (TPSA) is 46.2 Å². The third-order valence-electron chi connectivity index (χ3n) is 6.08. The van der Waals surface area contributed by atoms with Gasteiger partial charge in [-0.25, -0.2) is 0 Å². The van der Waals surface area contributed by atoms with E-state index >= 15 is 0 Å². The van der Waals surface area contributed by atoms with Crippen molar-refractivity contribution in [2.45, 2.75) is 63.9 Å². The molecule has 180 valence electrons. The molecule has 4 rings (SSSR count). The summed E-state index contributed by atoms with van der Waals surface area (Å²) in [5.41, 5.74) is 3.29. The Morgan fingerprint density at radius 1 is 0.588 bits per heavy atom. The molecule has 0 aliphatic carbocycles. The molecule has 3 aromatic rings. The minimum absolute atomic E-state index is 0.175. The van der Waals surface area contributed by atoms with Crippen LogP contribution in [0.5, 0.6) is 0 Å². The van der Waals surface area contributed by atoms with Gasteiger partial charge in [-0.05, 0) is 23.1 Å². The summed E-state index contributed by atoms with van der Waals surface area (Å²) >= 11 is 0. The molecule has 1 saturated heterocycles. The molecule has 1 aliphatic heterocycles. The second-order valence-corrected chi connectivity index (χ2v) is 8.47. The second kappa shape index (κ2) is 12.8. The minimum atomic E-state index is -0.550. The fourth-order valence-electron chi connectivity index (χ4n) is 4.26. The molecular formula is C29H34O5. The van der Waals surface area contributed by atoms with Crippen LogP contribution in [0.1, 0.15) is 30.0 Å². The molecule has 0 N–H and O–H groups in total. The summed E-state index contributed by atoms with van der Waals surface area (Å²) in [6.45, 7) is 3.45. The highest BCUT2D eigenvalue weighted by Crippen LogP contribution is 2.32. The first-order chi connectivity index (χ1) is 16.8. The van der Waals surface area contributed by atoms with Crippen molar-refractivity contribution in [3.63, 3.8) is 0 Å². The molecule has 2 unspecified atom stereocenters. The van der Waals surface area contributed by atoms with E-state index in [-0.39, 0.29) is 18.3 Å². The van der Waals surface area contributed by atoms with Crippen LogP contribution in [0.25, 0.3) is 0 Å². The number of hydrogen-bond acceptors (Lipinski definition) is 5. The largest absolute Gasteiger partial charge is 0.368 e. The number of ether oxygens (including phenoxy) is 5. The molecule has 0 aromatic heterocycles. The van der Waals surface area contributed by atoms with Gasteiger partial charge in [-0.1, -0.05) is 97.9 Å². The Kier molecular flexibility index (Phi) is 9.25. The lowest BCUT2D eigenvalue weighted by Crippen LogP contribution is -2.60. The van der Waals surface area contributed by atoms with Gasteiger partial charge in [-0.2, -0.15) is 0 Å². The molecule has 5 heteroatoms. The molecule has 3 aromatic carbocycles. The van der Waals surface area contributed by atoms with E-state index in [0.717, 1.165) is 23.1 Å². The van der Waals surface area contributed by atoms with Gasteiger partial charge >= 0.3 is 0 Å². The molecule has 5 nitrogen and oxygen atoms in total. The van der Waals surface area contributed by atoms with Gasteiger partial charge in [0.05, 0.1) is 25.9 Å². The number of methoxy groups -OCH3 is 1. The lowest BCUT2D eigenvalue weighted by molar-refractivity contribution is -0.318. The van der Waals surface area contributed by atoms with Crippen LogP contribution in [0, 0.1) is 0 Å². The van der Waals surface area contributed by atoms with Crippen LogP contribution >= 0.6 is 0 Å². The van der Waals surface area contributed by atoms with Gasteiger partial charge in [0, 0.05) is 7.11 Å². The summed E-state index contributed by atoms with van der Waals surface area (Å²) in [7, 11) is 1.65. The maximum atomic E-state index is 6.53. The SMILES string of the molecule is CCC1O[C@H](OC)C(OCc2ccccc2)[C@H](OCc2ccccc2)[C@H]1OCc1ccccc1. The van der Waals surface area contributed by atoms with E-state index in [9.17, 15) is 0 Å². The summed E-state index contributed by atoms with van der Waals surface area (Å²) in [6.07, 6.45) is -1.07. The molecule has 5 atom stereocenters. The zero-order valence-electron chi connectivity index (χ0n) is 19.9. The fraction of sp³-hybridized carbons (Fsp3) is 0.379. The Labute approximate surface area is 202 Å². The van der Waals surface area contributed by atoms with Gasteiger partial charge in [0.15, 0.2) is 6.29 Å². The van der Waals surface area contributed by atoms with Crippen molar-refractivity contribution < 1.29 is 23.7 Å². The van der Waals surface area contributed by atoms with Crippen molar-refractivity contribution in [1.29, 1.82) is 0 Å².